The molecule has 2 saturated heterocycles. The van der Waals surface area contributed by atoms with E-state index in [0.29, 0.717) is 39.6 Å². The number of methoxy groups -OCH3 is 2. The molecule has 4 N–H and O–H groups in total. The van der Waals surface area contributed by atoms with Crippen LogP contribution in [0.15, 0.2) is 122 Å². The van der Waals surface area contributed by atoms with Gasteiger partial charge < -0.3 is 40.0 Å². The number of carbonyl (C=O) groups excluding carboxylic acids is 5. The molecule has 0 radical (unpaired) electrons. The number of aliphatic hydroxyl groups excluding tert-OH is 1. The van der Waals surface area contributed by atoms with Crippen LogP contribution >= 0.6 is 0 Å². The third kappa shape index (κ3) is 8.46. The molecule has 4 heterocycles. The van der Waals surface area contributed by atoms with Crippen molar-refractivity contribution in [2.24, 2.45) is 11.8 Å². The molecule has 3 aliphatic rings. The van der Waals surface area contributed by atoms with E-state index in [1.54, 1.807) is 60.9 Å². The van der Waals surface area contributed by atoms with Gasteiger partial charge in [0, 0.05) is 43.2 Å². The minimum absolute atomic E-state index is 0.0503. The average Bonchev–Trinajstić information content (AvgIpc) is 3.82. The molecule has 16 nitrogen and oxygen atoms in total. The van der Waals surface area contributed by atoms with Crippen molar-refractivity contribution in [2.75, 3.05) is 51.2 Å². The van der Waals surface area contributed by atoms with E-state index in [2.05, 4.69) is 37.8 Å². The van der Waals surface area contributed by atoms with Gasteiger partial charge in [0.1, 0.15) is 29.9 Å². The predicted molar refractivity (Wildman–Crippen MR) is 235 cm³/mol. The molecule has 0 aliphatic carbocycles. The van der Waals surface area contributed by atoms with Gasteiger partial charge in [-0.1, -0.05) is 84.6 Å². The quantitative estimate of drug-likeness (QED) is 0.0409. The second kappa shape index (κ2) is 19.4. The number of morpholine rings is 1. The van der Waals surface area contributed by atoms with E-state index in [9.17, 15) is 14.7 Å². The number of ether oxygens (including phenoxy) is 4. The van der Waals surface area contributed by atoms with Gasteiger partial charge in [-0.2, -0.15) is 0 Å². The van der Waals surface area contributed by atoms with Crippen molar-refractivity contribution >= 4 is 41.4 Å². The number of fused-ring (bicyclic) bond motifs is 3. The van der Waals surface area contributed by atoms with Gasteiger partial charge in [0.2, 0.25) is 17.8 Å². The lowest BCUT2D eigenvalue weighted by Crippen LogP contribution is -2.55. The summed E-state index contributed by atoms with van der Waals surface area (Å²) in [5.74, 6) is 0.647. The molecule has 8 rings (SSSR count). The number of rotatable bonds is 14. The molecule has 65 heavy (non-hydrogen) atoms. The molecule has 0 bridgehead atoms. The van der Waals surface area contributed by atoms with Crippen LogP contribution in [0.2, 0.25) is 0 Å². The summed E-state index contributed by atoms with van der Waals surface area (Å²) in [6.07, 6.45) is 2.08. The van der Waals surface area contributed by atoms with Gasteiger partial charge in [-0.25, -0.2) is 9.97 Å². The molecule has 4 aromatic carbocycles. The zero-order valence-electron chi connectivity index (χ0n) is 35.5. The number of nitrogens with one attached hydrogen (secondary N) is 3. The topological polar surface area (TPSA) is 208 Å². The number of aliphatic hydroxyl groups is 1. The van der Waals surface area contributed by atoms with Crippen LogP contribution in [0.4, 0.5) is 11.6 Å². The van der Waals surface area contributed by atoms with Crippen LogP contribution in [0.25, 0.3) is 0 Å². The van der Waals surface area contributed by atoms with Gasteiger partial charge in [-0.05, 0) is 58.7 Å². The second-order valence-corrected chi connectivity index (χ2v) is 15.5. The molecule has 1 spiro atoms. The van der Waals surface area contributed by atoms with Crippen LogP contribution in [-0.4, -0.2) is 96.3 Å². The molecule has 2 amide bonds. The SMILES string of the molecule is COC(=O)C(CC#Cc1ccc2c(c1)[C@]1(C(=O)N2)[C@H](C(=O)NCCNc2ncccn2)[C@H]2C(=O)O[C@H](c3ccccc3)[C@H](c3ccccc3)N2[C@@H]1c1ccc(OCCO)cc1)C(=O)OC. The van der Waals surface area contributed by atoms with Crippen molar-refractivity contribution in [3.63, 3.8) is 0 Å². The number of nitrogens with zero attached hydrogens (tertiary/aromatic N) is 3. The fourth-order valence-corrected chi connectivity index (χ4v) is 9.24. The second-order valence-electron chi connectivity index (χ2n) is 15.5. The highest BCUT2D eigenvalue weighted by atomic mass is 16.6. The Balaban J connectivity index is 1.32. The highest BCUT2D eigenvalue weighted by molar-refractivity contribution is 6.12. The highest BCUT2D eigenvalue weighted by Gasteiger charge is 2.74. The Morgan fingerprint density at radius 1 is 0.846 bits per heavy atom. The average molecular weight is 879 g/mol. The summed E-state index contributed by atoms with van der Waals surface area (Å²) in [7, 11) is 2.33. The van der Waals surface area contributed by atoms with Crippen LogP contribution < -0.4 is 20.7 Å². The number of carbonyl (C=O) groups is 5. The number of hydrogen-bond acceptors (Lipinski definition) is 14. The Bertz CT molecular complexity index is 2590. The number of hydrogen-bond donors (Lipinski definition) is 4. The number of cyclic esters (lactones) is 1. The molecule has 0 saturated carbocycles. The molecule has 2 fully saturated rings. The van der Waals surface area contributed by atoms with Crippen molar-refractivity contribution in [3.8, 4) is 17.6 Å². The smallest absolute Gasteiger partial charge is 0.324 e. The Morgan fingerprint density at radius 2 is 1.52 bits per heavy atom. The first-order valence-corrected chi connectivity index (χ1v) is 21.0. The summed E-state index contributed by atoms with van der Waals surface area (Å²) in [4.78, 5) is 81.1. The lowest BCUT2D eigenvalue weighted by molar-refractivity contribution is -0.178. The van der Waals surface area contributed by atoms with Crippen molar-refractivity contribution in [1.82, 2.24) is 20.2 Å². The number of anilines is 2. The first kappa shape index (κ1) is 44.0. The molecular formula is C49H46N6O10. The zero-order valence-corrected chi connectivity index (χ0v) is 35.5. The first-order valence-electron chi connectivity index (χ1n) is 21.0. The molecule has 3 aliphatic heterocycles. The van der Waals surface area contributed by atoms with Crippen LogP contribution in [0.3, 0.4) is 0 Å². The lowest BCUT2D eigenvalue weighted by Gasteiger charge is -2.46. The molecule has 16 heteroatoms. The molecule has 332 valence electrons. The Hall–Kier alpha value is -7.61. The first-order chi connectivity index (χ1) is 31.7. The van der Waals surface area contributed by atoms with Gasteiger partial charge in [0.05, 0.1) is 38.8 Å². The fourth-order valence-electron chi connectivity index (χ4n) is 9.24. The number of aromatic nitrogens is 2. The number of amides is 2. The maximum atomic E-state index is 15.5. The predicted octanol–water partition coefficient (Wildman–Crippen LogP) is 4.05. The van der Waals surface area contributed by atoms with E-state index in [0.717, 1.165) is 19.8 Å². The fraction of sp³-hybridized carbons (Fsp3) is 0.286. The summed E-state index contributed by atoms with van der Waals surface area (Å²) in [6, 6.07) is 29.6. The van der Waals surface area contributed by atoms with Crippen molar-refractivity contribution in [3.05, 3.63) is 149 Å². The van der Waals surface area contributed by atoms with Crippen LogP contribution in [0.1, 0.15) is 52.4 Å². The van der Waals surface area contributed by atoms with Gasteiger partial charge in [-0.3, -0.25) is 28.9 Å². The summed E-state index contributed by atoms with van der Waals surface area (Å²) >= 11 is 0. The Morgan fingerprint density at radius 3 is 2.18 bits per heavy atom. The van der Waals surface area contributed by atoms with Crippen molar-refractivity contribution < 1.29 is 48.0 Å². The standard InChI is InChI=1S/C49H46N6O10/c1-62-44(58)35(45(59)63-2)16-9-11-30-17-22-37-36(29-30)49(47(61)54-37)38(43(57)50-25-26-53-48-51-23-10-24-52-48)40-46(60)65-41(32-14-7-4-8-15-32)39(31-12-5-3-6-13-31)55(40)42(49)33-18-20-34(21-19-33)64-28-27-56/h3-8,10,12-15,17-24,29,35,38-42,56H,16,25-28H2,1-2H3,(H,50,57)(H,54,61)(H,51,52,53)/t38-,39-,40-,41+,42+,49-/m0/s1. The van der Waals surface area contributed by atoms with Gasteiger partial charge in [0.15, 0.2) is 5.92 Å². The number of benzene rings is 4. The van der Waals surface area contributed by atoms with Gasteiger partial charge in [0.25, 0.3) is 0 Å². The van der Waals surface area contributed by atoms with E-state index in [1.807, 2.05) is 65.6 Å². The molecular weight excluding hydrogens is 833 g/mol. The third-order valence-electron chi connectivity index (χ3n) is 11.9. The summed E-state index contributed by atoms with van der Waals surface area (Å²) in [6.45, 7) is 0.137. The normalized spacial score (nSPS) is 21.8. The van der Waals surface area contributed by atoms with E-state index in [-0.39, 0.29) is 32.7 Å². The van der Waals surface area contributed by atoms with Crippen molar-refractivity contribution in [1.29, 1.82) is 0 Å². The number of esters is 3. The van der Waals surface area contributed by atoms with Gasteiger partial charge >= 0.3 is 17.9 Å². The van der Waals surface area contributed by atoms with E-state index in [1.165, 1.54) is 0 Å². The summed E-state index contributed by atoms with van der Waals surface area (Å²) in [5.41, 5.74) is 1.47. The largest absolute Gasteiger partial charge is 0.491 e. The molecule has 6 atom stereocenters. The van der Waals surface area contributed by atoms with Gasteiger partial charge in [-0.15, -0.1) is 0 Å². The molecule has 5 aromatic rings. The minimum atomic E-state index is -1.82. The van der Waals surface area contributed by atoms with Crippen molar-refractivity contribution in [2.45, 2.75) is 36.1 Å². The minimum Gasteiger partial charge on any atom is -0.491 e. The monoisotopic (exact) mass is 878 g/mol. The third-order valence-corrected chi connectivity index (χ3v) is 11.9. The molecule has 0 unspecified atom stereocenters. The maximum Gasteiger partial charge on any atom is 0.324 e. The Labute approximate surface area is 374 Å². The zero-order chi connectivity index (χ0) is 45.5. The summed E-state index contributed by atoms with van der Waals surface area (Å²) < 4.78 is 21.9. The summed E-state index contributed by atoms with van der Waals surface area (Å²) in [5, 5.41) is 18.7. The maximum absolute atomic E-state index is 15.5. The molecule has 1 aromatic heterocycles. The highest BCUT2D eigenvalue weighted by Crippen LogP contribution is 2.64. The van der Waals surface area contributed by atoms with Crippen LogP contribution in [0, 0.1) is 23.7 Å². The van der Waals surface area contributed by atoms with E-state index >= 15 is 14.4 Å². The van der Waals surface area contributed by atoms with E-state index < -0.39 is 71.2 Å². The lowest BCUT2D eigenvalue weighted by atomic mass is 9.65. The van der Waals surface area contributed by atoms with Crippen LogP contribution in [-0.2, 0) is 43.6 Å². The van der Waals surface area contributed by atoms with E-state index in [4.69, 9.17) is 18.9 Å². The Kier molecular flexibility index (Phi) is 13.1. The van der Waals surface area contributed by atoms with Crippen LogP contribution in [0.5, 0.6) is 5.75 Å².